The Balaban J connectivity index is 0.000000119. The van der Waals surface area contributed by atoms with Crippen molar-refractivity contribution in [1.29, 1.82) is 0 Å². The summed E-state index contributed by atoms with van der Waals surface area (Å²) in [5, 5.41) is 8.59. The Labute approximate surface area is 158 Å². The highest BCUT2D eigenvalue weighted by Crippen LogP contribution is 2.31. The fraction of sp³-hybridized carbons (Fsp3) is 0.0833. The number of hydrogen-bond acceptors (Lipinski definition) is 3. The molecule has 4 aromatic rings. The van der Waals surface area contributed by atoms with Gasteiger partial charge in [0.1, 0.15) is 0 Å². The Kier molecular flexibility index (Phi) is 3.91. The van der Waals surface area contributed by atoms with Gasteiger partial charge in [-0.3, -0.25) is 0 Å². The highest BCUT2D eigenvalue weighted by atomic mass is 16.6. The highest BCUT2D eigenvalue weighted by molar-refractivity contribution is 5.96. The van der Waals surface area contributed by atoms with E-state index in [9.17, 15) is 0 Å². The molecular formula is C24H20N2O. The Morgan fingerprint density at radius 2 is 1.48 bits per heavy atom. The van der Waals surface area contributed by atoms with E-state index in [1.165, 1.54) is 39.2 Å². The van der Waals surface area contributed by atoms with E-state index in [-0.39, 0.29) is 0 Å². The van der Waals surface area contributed by atoms with E-state index in [2.05, 4.69) is 65.4 Å². The molecule has 0 aliphatic carbocycles. The Morgan fingerprint density at radius 1 is 0.741 bits per heavy atom. The number of benzene rings is 4. The third-order valence-corrected chi connectivity index (χ3v) is 5.13. The SMILES string of the molecule is C1=Cc2c(ccc3ccccc23)ON1.c1ccc2c3c(ccc2c1)CCN3. The molecule has 4 aromatic carbocycles. The molecule has 27 heavy (non-hydrogen) atoms. The lowest BCUT2D eigenvalue weighted by molar-refractivity contribution is 0.239. The summed E-state index contributed by atoms with van der Waals surface area (Å²) in [7, 11) is 0. The third-order valence-electron chi connectivity index (χ3n) is 5.13. The van der Waals surface area contributed by atoms with Gasteiger partial charge in [0.05, 0.1) is 0 Å². The maximum atomic E-state index is 5.29. The van der Waals surface area contributed by atoms with Gasteiger partial charge in [-0.2, -0.15) is 0 Å². The second kappa shape index (κ2) is 6.69. The quantitative estimate of drug-likeness (QED) is 0.437. The fourth-order valence-electron chi connectivity index (χ4n) is 3.81. The lowest BCUT2D eigenvalue weighted by atomic mass is 10.0. The summed E-state index contributed by atoms with van der Waals surface area (Å²) in [5.41, 5.74) is 6.67. The predicted molar refractivity (Wildman–Crippen MR) is 113 cm³/mol. The summed E-state index contributed by atoms with van der Waals surface area (Å²) < 4.78 is 0. The number of hydroxylamine groups is 1. The van der Waals surface area contributed by atoms with Crippen molar-refractivity contribution in [3.63, 3.8) is 0 Å². The van der Waals surface area contributed by atoms with Crippen molar-refractivity contribution >= 4 is 33.3 Å². The first-order valence-electron chi connectivity index (χ1n) is 9.25. The zero-order valence-corrected chi connectivity index (χ0v) is 14.9. The lowest BCUT2D eigenvalue weighted by Gasteiger charge is -2.14. The first-order valence-corrected chi connectivity index (χ1v) is 9.25. The molecule has 0 aromatic heterocycles. The maximum Gasteiger partial charge on any atom is 0.162 e. The Morgan fingerprint density at radius 3 is 2.37 bits per heavy atom. The van der Waals surface area contributed by atoms with Crippen LogP contribution in [0.25, 0.3) is 27.6 Å². The van der Waals surface area contributed by atoms with Crippen LogP contribution >= 0.6 is 0 Å². The van der Waals surface area contributed by atoms with Crippen molar-refractivity contribution in [2.24, 2.45) is 0 Å². The normalized spacial score (nSPS) is 13.6. The molecule has 0 saturated carbocycles. The van der Waals surface area contributed by atoms with Crippen LogP contribution in [0.3, 0.4) is 0 Å². The minimum absolute atomic E-state index is 0.881. The second-order valence-corrected chi connectivity index (χ2v) is 6.75. The summed E-state index contributed by atoms with van der Waals surface area (Å²) >= 11 is 0. The molecule has 3 heteroatoms. The molecule has 0 fully saturated rings. The summed E-state index contributed by atoms with van der Waals surface area (Å²) in [6.07, 6.45) is 5.00. The van der Waals surface area contributed by atoms with Gasteiger partial charge in [-0.15, -0.1) is 0 Å². The van der Waals surface area contributed by atoms with Gasteiger partial charge in [-0.05, 0) is 40.3 Å². The van der Waals surface area contributed by atoms with E-state index < -0.39 is 0 Å². The van der Waals surface area contributed by atoms with E-state index in [1.54, 1.807) is 6.20 Å². The molecule has 0 atom stereocenters. The summed E-state index contributed by atoms with van der Waals surface area (Å²) in [4.78, 5) is 5.29. The van der Waals surface area contributed by atoms with Crippen molar-refractivity contribution in [2.75, 3.05) is 11.9 Å². The van der Waals surface area contributed by atoms with Crippen LogP contribution in [0, 0.1) is 0 Å². The molecule has 0 unspecified atom stereocenters. The van der Waals surface area contributed by atoms with Gasteiger partial charge in [0.15, 0.2) is 5.75 Å². The molecule has 6 rings (SSSR count). The standard InChI is InChI=1S/C12H9NO.C12H11N/c1-2-4-10-9(3-1)5-6-12-11(10)7-8-13-14-12;1-2-4-11-9(3-1)5-6-10-7-8-13-12(10)11/h1-8,13H;1-6,13H,7-8H2. The number of rotatable bonds is 0. The van der Waals surface area contributed by atoms with Crippen LogP contribution in [0.4, 0.5) is 5.69 Å². The van der Waals surface area contributed by atoms with E-state index in [0.29, 0.717) is 0 Å². The monoisotopic (exact) mass is 352 g/mol. The molecule has 2 aliphatic heterocycles. The van der Waals surface area contributed by atoms with Gasteiger partial charge in [0, 0.05) is 29.4 Å². The van der Waals surface area contributed by atoms with Crippen LogP contribution < -0.4 is 15.6 Å². The molecule has 2 heterocycles. The summed E-state index contributed by atoms with van der Waals surface area (Å²) in [5.74, 6) is 0.881. The fourth-order valence-corrected chi connectivity index (χ4v) is 3.81. The van der Waals surface area contributed by atoms with Gasteiger partial charge in [0.2, 0.25) is 0 Å². The van der Waals surface area contributed by atoms with Crippen molar-refractivity contribution in [1.82, 2.24) is 5.48 Å². The minimum atomic E-state index is 0.881. The first-order chi connectivity index (χ1) is 13.4. The predicted octanol–water partition coefficient (Wildman–Crippen LogP) is 5.52. The smallest absolute Gasteiger partial charge is 0.162 e. The lowest BCUT2D eigenvalue weighted by Crippen LogP contribution is -2.14. The molecule has 0 radical (unpaired) electrons. The number of anilines is 1. The topological polar surface area (TPSA) is 33.3 Å². The molecule has 132 valence electrons. The number of fused-ring (bicyclic) bond motifs is 6. The second-order valence-electron chi connectivity index (χ2n) is 6.75. The van der Waals surface area contributed by atoms with Gasteiger partial charge in [0.25, 0.3) is 0 Å². The first kappa shape index (κ1) is 15.8. The van der Waals surface area contributed by atoms with Crippen LogP contribution in [0.1, 0.15) is 11.1 Å². The molecule has 2 N–H and O–H groups in total. The van der Waals surface area contributed by atoms with Crippen LogP contribution in [0.2, 0.25) is 0 Å². The Bertz CT molecular complexity index is 1160. The van der Waals surface area contributed by atoms with Gasteiger partial charge < -0.3 is 10.2 Å². The maximum absolute atomic E-state index is 5.29. The molecule has 3 nitrogen and oxygen atoms in total. The zero-order valence-electron chi connectivity index (χ0n) is 14.9. The van der Waals surface area contributed by atoms with E-state index in [4.69, 9.17) is 4.84 Å². The van der Waals surface area contributed by atoms with Crippen molar-refractivity contribution in [3.8, 4) is 5.75 Å². The van der Waals surface area contributed by atoms with Crippen LogP contribution in [0.15, 0.2) is 79.0 Å². The zero-order chi connectivity index (χ0) is 18.1. The van der Waals surface area contributed by atoms with E-state index in [0.717, 1.165) is 17.9 Å². The summed E-state index contributed by atoms with van der Waals surface area (Å²) in [6, 6.07) is 25.3. The molecular weight excluding hydrogens is 332 g/mol. The third kappa shape index (κ3) is 2.87. The molecule has 0 saturated heterocycles. The molecule has 0 bridgehead atoms. The largest absolute Gasteiger partial charge is 0.384 e. The minimum Gasteiger partial charge on any atom is -0.384 e. The van der Waals surface area contributed by atoms with Crippen molar-refractivity contribution < 1.29 is 4.84 Å². The van der Waals surface area contributed by atoms with E-state index >= 15 is 0 Å². The average molecular weight is 352 g/mol. The van der Waals surface area contributed by atoms with Crippen molar-refractivity contribution in [3.05, 3.63) is 90.1 Å². The van der Waals surface area contributed by atoms with Crippen LogP contribution in [0.5, 0.6) is 5.75 Å². The van der Waals surface area contributed by atoms with Crippen LogP contribution in [-0.2, 0) is 6.42 Å². The van der Waals surface area contributed by atoms with E-state index in [1.807, 2.05) is 24.3 Å². The van der Waals surface area contributed by atoms with Gasteiger partial charge >= 0.3 is 0 Å². The Hall–Kier alpha value is -3.46. The van der Waals surface area contributed by atoms with Crippen molar-refractivity contribution in [2.45, 2.75) is 6.42 Å². The number of hydrogen-bond donors (Lipinski definition) is 2. The highest BCUT2D eigenvalue weighted by Gasteiger charge is 2.12. The summed E-state index contributed by atoms with van der Waals surface area (Å²) in [6.45, 7) is 1.09. The molecule has 0 spiro atoms. The van der Waals surface area contributed by atoms with Gasteiger partial charge in [-0.1, -0.05) is 66.7 Å². The number of nitrogens with one attached hydrogen (secondary N) is 2. The average Bonchev–Trinajstić information content (AvgIpc) is 3.24. The molecule has 2 aliphatic rings. The van der Waals surface area contributed by atoms with Crippen LogP contribution in [-0.4, -0.2) is 6.54 Å². The van der Waals surface area contributed by atoms with Gasteiger partial charge in [-0.25, -0.2) is 5.48 Å². The molecule has 0 amide bonds.